The maximum Gasteiger partial charge on any atom is 0.505 e. The Balaban J connectivity index is 3.39. The van der Waals surface area contributed by atoms with Gasteiger partial charge in [-0.1, -0.05) is 0 Å². The topological polar surface area (TPSA) is 104 Å². The second-order valence-electron chi connectivity index (χ2n) is 2.16. The highest BCUT2D eigenvalue weighted by molar-refractivity contribution is 5.66. The molecule has 6 nitrogen and oxygen atoms in total. The molecule has 0 aromatic rings. The number of aliphatic carboxylic acids is 1. The maximum atomic E-state index is 9.97. The van der Waals surface area contributed by atoms with Crippen molar-refractivity contribution in [2.24, 2.45) is 0 Å². The monoisotopic (exact) mass is 178 g/mol. The van der Waals surface area contributed by atoms with Gasteiger partial charge in [-0.05, 0) is 6.42 Å². The minimum atomic E-state index is -1.48. The Labute approximate surface area is 68.4 Å². The van der Waals surface area contributed by atoms with Gasteiger partial charge in [-0.2, -0.15) is 0 Å². The first-order valence-corrected chi connectivity index (χ1v) is 3.28. The molecule has 0 saturated heterocycles. The smallest absolute Gasteiger partial charge is 0.481 e. The lowest BCUT2D eigenvalue weighted by molar-refractivity contribution is -0.137. The summed E-state index contributed by atoms with van der Waals surface area (Å²) in [6.45, 7) is -0.386. The van der Waals surface area contributed by atoms with Crippen LogP contribution in [0.5, 0.6) is 0 Å². The summed E-state index contributed by atoms with van der Waals surface area (Å²) in [4.78, 5) is 19.8. The molecule has 0 bridgehead atoms. The normalized spacial score (nSPS) is 12.1. The Morgan fingerprint density at radius 2 is 1.92 bits per heavy atom. The molecule has 0 aromatic heterocycles. The molecule has 0 rings (SSSR count). The first-order chi connectivity index (χ1) is 5.52. The molecule has 1 unspecified atom stereocenters. The maximum absolute atomic E-state index is 9.97. The van der Waals surface area contributed by atoms with Crippen LogP contribution in [0.2, 0.25) is 0 Å². The van der Waals surface area contributed by atoms with E-state index in [9.17, 15) is 9.59 Å². The van der Waals surface area contributed by atoms with Crippen molar-refractivity contribution in [2.75, 3.05) is 6.61 Å². The SMILES string of the molecule is O=C(O)CCC(O)COC(=O)O. The van der Waals surface area contributed by atoms with Crippen molar-refractivity contribution in [3.63, 3.8) is 0 Å². The van der Waals surface area contributed by atoms with Crippen LogP contribution in [-0.2, 0) is 9.53 Å². The third-order valence-electron chi connectivity index (χ3n) is 1.09. The van der Waals surface area contributed by atoms with E-state index in [1.807, 2.05) is 0 Å². The number of carboxylic acid groups (broad SMARTS) is 2. The summed E-state index contributed by atoms with van der Waals surface area (Å²) in [5.41, 5.74) is 0. The summed E-state index contributed by atoms with van der Waals surface area (Å²) in [6, 6.07) is 0. The zero-order valence-corrected chi connectivity index (χ0v) is 6.27. The van der Waals surface area contributed by atoms with Crippen LogP contribution in [-0.4, -0.2) is 40.2 Å². The molecule has 12 heavy (non-hydrogen) atoms. The van der Waals surface area contributed by atoms with E-state index < -0.39 is 18.2 Å². The van der Waals surface area contributed by atoms with Crippen molar-refractivity contribution in [3.05, 3.63) is 0 Å². The van der Waals surface area contributed by atoms with Crippen molar-refractivity contribution in [3.8, 4) is 0 Å². The quantitative estimate of drug-likeness (QED) is 0.508. The molecule has 0 aromatic carbocycles. The van der Waals surface area contributed by atoms with Crippen LogP contribution >= 0.6 is 0 Å². The van der Waals surface area contributed by atoms with E-state index in [0.717, 1.165) is 0 Å². The predicted molar refractivity (Wildman–Crippen MR) is 36.9 cm³/mol. The molecule has 0 radical (unpaired) electrons. The number of rotatable bonds is 5. The van der Waals surface area contributed by atoms with Crippen LogP contribution in [0.4, 0.5) is 4.79 Å². The Hall–Kier alpha value is -1.30. The molecule has 0 amide bonds. The highest BCUT2D eigenvalue weighted by atomic mass is 16.7. The number of aliphatic hydroxyl groups is 1. The molecule has 0 aliphatic rings. The third-order valence-corrected chi connectivity index (χ3v) is 1.09. The molecule has 0 aliphatic heterocycles. The molecule has 0 aliphatic carbocycles. The minimum Gasteiger partial charge on any atom is -0.481 e. The Bertz CT molecular complexity index is 147. The molecule has 0 spiro atoms. The van der Waals surface area contributed by atoms with Gasteiger partial charge in [0.1, 0.15) is 6.61 Å². The molecule has 0 saturated carbocycles. The van der Waals surface area contributed by atoms with Gasteiger partial charge in [0.15, 0.2) is 0 Å². The van der Waals surface area contributed by atoms with E-state index in [0.29, 0.717) is 0 Å². The van der Waals surface area contributed by atoms with Crippen LogP contribution in [0.1, 0.15) is 12.8 Å². The number of carbonyl (C=O) groups is 2. The van der Waals surface area contributed by atoms with Crippen LogP contribution < -0.4 is 0 Å². The Morgan fingerprint density at radius 3 is 2.33 bits per heavy atom. The predicted octanol–water partition coefficient (Wildman–Crippen LogP) is -0.0933. The Morgan fingerprint density at radius 1 is 1.33 bits per heavy atom. The van der Waals surface area contributed by atoms with E-state index in [1.54, 1.807) is 0 Å². The summed E-state index contributed by atoms with van der Waals surface area (Å²) in [5, 5.41) is 25.1. The van der Waals surface area contributed by atoms with Crippen LogP contribution in [0, 0.1) is 0 Å². The summed E-state index contributed by atoms with van der Waals surface area (Å²) < 4.78 is 4.01. The molecule has 0 fully saturated rings. The van der Waals surface area contributed by atoms with E-state index in [1.165, 1.54) is 0 Å². The van der Waals surface area contributed by atoms with Crippen LogP contribution in [0.15, 0.2) is 0 Å². The molecule has 0 heterocycles. The first-order valence-electron chi connectivity index (χ1n) is 3.28. The van der Waals surface area contributed by atoms with Gasteiger partial charge in [0.25, 0.3) is 0 Å². The number of ether oxygens (including phenoxy) is 1. The molecular weight excluding hydrogens is 168 g/mol. The molecule has 3 N–H and O–H groups in total. The second kappa shape index (κ2) is 5.36. The van der Waals surface area contributed by atoms with Crippen molar-refractivity contribution < 1.29 is 29.6 Å². The van der Waals surface area contributed by atoms with Gasteiger partial charge in [-0.3, -0.25) is 4.79 Å². The van der Waals surface area contributed by atoms with E-state index >= 15 is 0 Å². The van der Waals surface area contributed by atoms with Crippen molar-refractivity contribution in [1.82, 2.24) is 0 Å². The van der Waals surface area contributed by atoms with E-state index in [4.69, 9.17) is 15.3 Å². The summed E-state index contributed by atoms with van der Waals surface area (Å²) >= 11 is 0. The van der Waals surface area contributed by atoms with Gasteiger partial charge in [0, 0.05) is 6.42 Å². The minimum absolute atomic E-state index is 0.0113. The fourth-order valence-electron chi connectivity index (χ4n) is 0.541. The number of carboxylic acids is 1. The first kappa shape index (κ1) is 10.7. The standard InChI is InChI=1S/C6H10O6/c7-4(1-2-5(8)9)3-12-6(10)11/h4,7H,1-3H2,(H,8,9)(H,10,11). The second-order valence-corrected chi connectivity index (χ2v) is 2.16. The zero-order valence-electron chi connectivity index (χ0n) is 6.27. The van der Waals surface area contributed by atoms with Gasteiger partial charge < -0.3 is 20.1 Å². The van der Waals surface area contributed by atoms with E-state index in [2.05, 4.69) is 4.74 Å². The van der Waals surface area contributed by atoms with Crippen LogP contribution in [0.3, 0.4) is 0 Å². The third kappa shape index (κ3) is 6.81. The average molecular weight is 178 g/mol. The van der Waals surface area contributed by atoms with Crippen molar-refractivity contribution in [1.29, 1.82) is 0 Å². The number of hydrogen-bond acceptors (Lipinski definition) is 4. The van der Waals surface area contributed by atoms with Gasteiger partial charge in [0.2, 0.25) is 0 Å². The summed E-state index contributed by atoms with van der Waals surface area (Å²) in [7, 11) is 0. The number of hydrogen-bond donors (Lipinski definition) is 3. The lowest BCUT2D eigenvalue weighted by Gasteiger charge is -2.06. The summed E-state index contributed by atoms with van der Waals surface area (Å²) in [6.07, 6.45) is -2.74. The fraction of sp³-hybridized carbons (Fsp3) is 0.667. The van der Waals surface area contributed by atoms with Gasteiger partial charge >= 0.3 is 12.1 Å². The highest BCUT2D eigenvalue weighted by Crippen LogP contribution is 1.97. The van der Waals surface area contributed by atoms with Crippen molar-refractivity contribution in [2.45, 2.75) is 18.9 Å². The van der Waals surface area contributed by atoms with Gasteiger partial charge in [-0.25, -0.2) is 4.79 Å². The molecule has 6 heteroatoms. The Kier molecular flexibility index (Phi) is 4.78. The van der Waals surface area contributed by atoms with Crippen LogP contribution in [0.25, 0.3) is 0 Å². The summed E-state index contributed by atoms with van der Waals surface area (Å²) in [5.74, 6) is -1.04. The highest BCUT2D eigenvalue weighted by Gasteiger charge is 2.09. The average Bonchev–Trinajstić information content (AvgIpc) is 1.96. The molecular formula is C6H10O6. The molecule has 1 atom stereocenters. The largest absolute Gasteiger partial charge is 0.505 e. The van der Waals surface area contributed by atoms with Crippen molar-refractivity contribution >= 4 is 12.1 Å². The number of aliphatic hydroxyl groups excluding tert-OH is 1. The fourth-order valence-corrected chi connectivity index (χ4v) is 0.541. The van der Waals surface area contributed by atoms with Gasteiger partial charge in [-0.15, -0.1) is 0 Å². The zero-order chi connectivity index (χ0) is 9.56. The van der Waals surface area contributed by atoms with Gasteiger partial charge in [0.05, 0.1) is 6.10 Å². The lowest BCUT2D eigenvalue weighted by Crippen LogP contribution is -2.18. The lowest BCUT2D eigenvalue weighted by atomic mass is 10.2. The molecule has 70 valence electrons. The van der Waals surface area contributed by atoms with E-state index in [-0.39, 0.29) is 19.4 Å².